The number of nitrogens with one attached hydrogen (secondary N) is 1. The van der Waals surface area contributed by atoms with Crippen molar-refractivity contribution in [2.75, 3.05) is 6.61 Å². The third kappa shape index (κ3) is 5.33. The lowest BCUT2D eigenvalue weighted by atomic mass is 9.84. The number of hydrogen-bond donors (Lipinski definition) is 1. The maximum absolute atomic E-state index is 12.2. The fourth-order valence-corrected chi connectivity index (χ4v) is 2.52. The van der Waals surface area contributed by atoms with Crippen LogP contribution in [-0.2, 0) is 15.1 Å². The van der Waals surface area contributed by atoms with E-state index in [2.05, 4.69) is 19.2 Å². The highest BCUT2D eigenvalue weighted by Crippen LogP contribution is 2.29. The molecule has 3 nitrogen and oxygen atoms in total. The van der Waals surface area contributed by atoms with Crippen LogP contribution in [-0.4, -0.2) is 18.6 Å². The van der Waals surface area contributed by atoms with Crippen LogP contribution in [0.1, 0.15) is 52.5 Å². The van der Waals surface area contributed by atoms with E-state index in [-0.39, 0.29) is 17.6 Å². The predicted molar refractivity (Wildman–Crippen MR) is 87.6 cm³/mol. The van der Waals surface area contributed by atoms with Crippen molar-refractivity contribution in [1.29, 1.82) is 0 Å². The van der Waals surface area contributed by atoms with Crippen LogP contribution in [0.25, 0.3) is 0 Å². The summed E-state index contributed by atoms with van der Waals surface area (Å²) in [5.41, 5.74) is 0.759. The summed E-state index contributed by atoms with van der Waals surface area (Å²) in [4.78, 5) is 12.2. The number of hydrogen-bond acceptors (Lipinski definition) is 2. The van der Waals surface area contributed by atoms with Crippen molar-refractivity contribution in [2.45, 2.75) is 58.6 Å². The Balaban J connectivity index is 2.76. The molecule has 0 aliphatic heterocycles. The summed E-state index contributed by atoms with van der Waals surface area (Å²) in [6.45, 7) is 8.56. The van der Waals surface area contributed by atoms with Gasteiger partial charge in [-0.05, 0) is 44.4 Å². The van der Waals surface area contributed by atoms with Crippen LogP contribution in [0.4, 0.5) is 0 Å². The second-order valence-corrected chi connectivity index (χ2v) is 5.95. The minimum Gasteiger partial charge on any atom is -0.378 e. The Hall–Kier alpha value is -1.06. The van der Waals surface area contributed by atoms with Crippen LogP contribution in [0, 0.1) is 0 Å². The molecule has 1 amide bonds. The first kappa shape index (κ1) is 18.0. The van der Waals surface area contributed by atoms with Crippen molar-refractivity contribution >= 4 is 17.5 Å². The molecule has 0 atom stereocenters. The van der Waals surface area contributed by atoms with Crippen molar-refractivity contribution in [2.24, 2.45) is 0 Å². The number of halogens is 1. The average molecular weight is 312 g/mol. The largest absolute Gasteiger partial charge is 0.378 e. The molecule has 1 rings (SSSR count). The highest BCUT2D eigenvalue weighted by Gasteiger charge is 2.29. The molecule has 118 valence electrons. The van der Waals surface area contributed by atoms with Crippen molar-refractivity contribution < 1.29 is 9.53 Å². The molecular formula is C17H26ClNO2. The van der Waals surface area contributed by atoms with E-state index in [9.17, 15) is 4.79 Å². The van der Waals surface area contributed by atoms with E-state index in [0.717, 1.165) is 18.4 Å². The molecule has 0 saturated heterocycles. The average Bonchev–Trinajstić information content (AvgIpc) is 2.45. The predicted octanol–water partition coefficient (Wildman–Crippen LogP) is 4.29. The zero-order chi connectivity index (χ0) is 15.9. The van der Waals surface area contributed by atoms with Gasteiger partial charge < -0.3 is 10.1 Å². The molecule has 0 bridgehead atoms. The maximum Gasteiger partial charge on any atom is 0.223 e. The molecule has 0 aliphatic carbocycles. The Kier molecular flexibility index (Phi) is 7.20. The van der Waals surface area contributed by atoms with E-state index in [1.807, 2.05) is 38.1 Å². The molecule has 0 aliphatic rings. The SMILES string of the molecule is CCC(CC)(NC(=O)CCOC(C)C)c1ccc(Cl)cc1. The molecular weight excluding hydrogens is 286 g/mol. The summed E-state index contributed by atoms with van der Waals surface area (Å²) < 4.78 is 5.44. The monoisotopic (exact) mass is 311 g/mol. The standard InChI is InChI=1S/C17H26ClNO2/c1-5-17(6-2,14-7-9-15(18)10-8-14)19-16(20)11-12-21-13(3)4/h7-10,13H,5-6,11-12H2,1-4H3,(H,19,20). The first-order chi connectivity index (χ1) is 9.93. The zero-order valence-electron chi connectivity index (χ0n) is 13.4. The molecule has 1 N–H and O–H groups in total. The fraction of sp³-hybridized carbons (Fsp3) is 0.588. The molecule has 1 aromatic rings. The molecule has 4 heteroatoms. The first-order valence-corrected chi connectivity index (χ1v) is 8.00. The Labute approximate surface area is 133 Å². The van der Waals surface area contributed by atoms with Gasteiger partial charge in [-0.25, -0.2) is 0 Å². The van der Waals surface area contributed by atoms with Gasteiger partial charge in [0.2, 0.25) is 5.91 Å². The molecule has 0 fully saturated rings. The number of benzene rings is 1. The van der Waals surface area contributed by atoms with Gasteiger partial charge in [0.05, 0.1) is 18.2 Å². The van der Waals surface area contributed by atoms with Gasteiger partial charge >= 0.3 is 0 Å². The van der Waals surface area contributed by atoms with Crippen LogP contribution in [0.15, 0.2) is 24.3 Å². The number of rotatable bonds is 8. The van der Waals surface area contributed by atoms with Gasteiger partial charge in [-0.3, -0.25) is 4.79 Å². The summed E-state index contributed by atoms with van der Waals surface area (Å²) in [6.07, 6.45) is 2.20. The summed E-state index contributed by atoms with van der Waals surface area (Å²) in [6, 6.07) is 7.70. The molecule has 0 heterocycles. The van der Waals surface area contributed by atoms with Gasteiger partial charge in [-0.1, -0.05) is 37.6 Å². The minimum absolute atomic E-state index is 0.0225. The summed E-state index contributed by atoms with van der Waals surface area (Å²) >= 11 is 5.95. The molecule has 21 heavy (non-hydrogen) atoms. The minimum atomic E-state index is -0.334. The van der Waals surface area contributed by atoms with Gasteiger partial charge in [-0.2, -0.15) is 0 Å². The van der Waals surface area contributed by atoms with E-state index >= 15 is 0 Å². The third-order valence-corrected chi connectivity index (χ3v) is 4.01. The lowest BCUT2D eigenvalue weighted by molar-refractivity contribution is -0.124. The fourth-order valence-electron chi connectivity index (χ4n) is 2.39. The van der Waals surface area contributed by atoms with Crippen LogP contribution >= 0.6 is 11.6 Å². The highest BCUT2D eigenvalue weighted by atomic mass is 35.5. The van der Waals surface area contributed by atoms with Crippen LogP contribution < -0.4 is 5.32 Å². The maximum atomic E-state index is 12.2. The number of ether oxygens (including phenoxy) is 1. The zero-order valence-corrected chi connectivity index (χ0v) is 14.2. The highest BCUT2D eigenvalue weighted by molar-refractivity contribution is 6.30. The second kappa shape index (κ2) is 8.40. The first-order valence-electron chi connectivity index (χ1n) is 7.62. The third-order valence-electron chi connectivity index (χ3n) is 3.76. The number of carbonyl (C=O) groups excluding carboxylic acids is 1. The van der Waals surface area contributed by atoms with Crippen LogP contribution in [0.2, 0.25) is 5.02 Å². The van der Waals surface area contributed by atoms with E-state index in [1.165, 1.54) is 0 Å². The molecule has 0 aromatic heterocycles. The van der Waals surface area contributed by atoms with Gasteiger partial charge in [0.25, 0.3) is 0 Å². The van der Waals surface area contributed by atoms with E-state index in [0.29, 0.717) is 18.1 Å². The van der Waals surface area contributed by atoms with E-state index in [4.69, 9.17) is 16.3 Å². The Morgan fingerprint density at radius 1 is 1.24 bits per heavy atom. The second-order valence-electron chi connectivity index (χ2n) is 5.51. The molecule has 0 saturated carbocycles. The molecule has 0 spiro atoms. The van der Waals surface area contributed by atoms with Gasteiger partial charge in [0, 0.05) is 11.4 Å². The molecule has 1 aromatic carbocycles. The quantitative estimate of drug-likeness (QED) is 0.778. The summed E-state index contributed by atoms with van der Waals surface area (Å²) in [7, 11) is 0. The normalized spacial score (nSPS) is 11.7. The van der Waals surface area contributed by atoms with Crippen molar-refractivity contribution in [3.8, 4) is 0 Å². The lowest BCUT2D eigenvalue weighted by Crippen LogP contribution is -2.45. The Bertz CT molecular complexity index is 439. The van der Waals surface area contributed by atoms with Crippen LogP contribution in [0.3, 0.4) is 0 Å². The molecule has 0 radical (unpaired) electrons. The van der Waals surface area contributed by atoms with Crippen molar-refractivity contribution in [1.82, 2.24) is 5.32 Å². The number of amides is 1. The van der Waals surface area contributed by atoms with Crippen molar-refractivity contribution in [3.05, 3.63) is 34.9 Å². The molecule has 0 unspecified atom stereocenters. The van der Waals surface area contributed by atoms with E-state index < -0.39 is 0 Å². The van der Waals surface area contributed by atoms with Gasteiger partial charge in [-0.15, -0.1) is 0 Å². The van der Waals surface area contributed by atoms with Gasteiger partial charge in [0.15, 0.2) is 0 Å². The summed E-state index contributed by atoms with van der Waals surface area (Å²) in [5.74, 6) is 0.0225. The Morgan fingerprint density at radius 3 is 2.29 bits per heavy atom. The Morgan fingerprint density at radius 2 is 1.81 bits per heavy atom. The van der Waals surface area contributed by atoms with E-state index in [1.54, 1.807) is 0 Å². The topological polar surface area (TPSA) is 38.3 Å². The van der Waals surface area contributed by atoms with Crippen molar-refractivity contribution in [3.63, 3.8) is 0 Å². The van der Waals surface area contributed by atoms with Crippen LogP contribution in [0.5, 0.6) is 0 Å². The smallest absolute Gasteiger partial charge is 0.223 e. The van der Waals surface area contributed by atoms with Gasteiger partial charge in [0.1, 0.15) is 0 Å². The summed E-state index contributed by atoms with van der Waals surface area (Å²) in [5, 5.41) is 3.88. The number of carbonyl (C=O) groups is 1. The lowest BCUT2D eigenvalue weighted by Gasteiger charge is -2.33.